The molecule has 0 aliphatic carbocycles. The molecular formula is C23H21F3N6O4. The van der Waals surface area contributed by atoms with E-state index in [1.807, 2.05) is 0 Å². The minimum absolute atomic E-state index is 0.0323. The fraction of sp³-hybridized carbons (Fsp3) is 0.130. The Morgan fingerprint density at radius 1 is 1.14 bits per heavy atom. The van der Waals surface area contributed by atoms with Gasteiger partial charge in [0.25, 0.3) is 0 Å². The number of nitrogens with one attached hydrogen (secondary N) is 1. The average molecular weight is 502 g/mol. The Labute approximate surface area is 203 Å². The Hall–Kier alpha value is -4.65. The van der Waals surface area contributed by atoms with Gasteiger partial charge in [0.1, 0.15) is 11.5 Å². The molecule has 0 saturated carbocycles. The number of allylic oxidation sites excluding steroid dienone is 2. The molecule has 4 N–H and O–H groups in total. The van der Waals surface area contributed by atoms with E-state index < -0.39 is 17.7 Å². The fourth-order valence-electron chi connectivity index (χ4n) is 2.88. The van der Waals surface area contributed by atoms with Crippen LogP contribution in [0.5, 0.6) is 11.5 Å². The minimum Gasteiger partial charge on any atom is -0.497 e. The van der Waals surface area contributed by atoms with Crippen LogP contribution in [-0.4, -0.2) is 46.4 Å². The average Bonchev–Trinajstić information content (AvgIpc) is 2.86. The van der Waals surface area contributed by atoms with Crippen molar-refractivity contribution in [3.8, 4) is 22.6 Å². The third-order valence-electron chi connectivity index (χ3n) is 4.72. The summed E-state index contributed by atoms with van der Waals surface area (Å²) in [6, 6.07) is 6.26. The van der Waals surface area contributed by atoms with Crippen LogP contribution in [-0.2, 0) is 0 Å². The van der Waals surface area contributed by atoms with Gasteiger partial charge in [-0.15, -0.1) is 0 Å². The van der Waals surface area contributed by atoms with E-state index in [2.05, 4.69) is 26.8 Å². The molecule has 0 saturated heterocycles. The number of hydrazine groups is 1. The first kappa shape index (κ1) is 26.0. The summed E-state index contributed by atoms with van der Waals surface area (Å²) in [5.41, 5.74) is -0.273. The second-order valence-electron chi connectivity index (χ2n) is 7.17. The summed E-state index contributed by atoms with van der Waals surface area (Å²) >= 11 is 0. The van der Waals surface area contributed by atoms with Crippen LogP contribution in [0.3, 0.4) is 0 Å². The second kappa shape index (κ2) is 10.7. The Kier molecular flexibility index (Phi) is 7.74. The highest BCUT2D eigenvalue weighted by Crippen LogP contribution is 2.32. The molecule has 13 heteroatoms. The number of ether oxygens (including phenoxy) is 2. The van der Waals surface area contributed by atoms with Crippen LogP contribution in [0.4, 0.5) is 30.6 Å². The monoisotopic (exact) mass is 502 g/mol. The molecule has 0 spiro atoms. The molecular weight excluding hydrogens is 481 g/mol. The molecule has 3 aromatic rings. The SMILES string of the molecule is C=C(/C=C\N(N)c1nc(Nc2cc(OC)cc(OC)c2)ncc1-c1cncc(C(=O)O)c1)C(F)(F)F. The molecule has 0 aliphatic heterocycles. The van der Waals surface area contributed by atoms with Crippen molar-refractivity contribution >= 4 is 23.4 Å². The lowest BCUT2D eigenvalue weighted by Gasteiger charge is -2.18. The van der Waals surface area contributed by atoms with Crippen LogP contribution in [0.25, 0.3) is 11.1 Å². The smallest absolute Gasteiger partial charge is 0.415 e. The number of carbonyl (C=O) groups is 1. The molecule has 0 unspecified atom stereocenters. The van der Waals surface area contributed by atoms with E-state index >= 15 is 0 Å². The van der Waals surface area contributed by atoms with Gasteiger partial charge < -0.3 is 19.9 Å². The standard InChI is InChI=1S/C23H21F3N6O4/c1-13(23(24,25)26)4-5-32(27)20-19(14-6-15(21(33)34)11-28-10-14)12-29-22(31-20)30-16-7-17(35-2)9-18(8-16)36-3/h4-12H,1,27H2,2-3H3,(H,33,34)(H,29,30,31)/b5-4-. The number of carboxylic acid groups (broad SMARTS) is 1. The first-order valence-corrected chi connectivity index (χ1v) is 10.1. The zero-order chi connectivity index (χ0) is 26.5. The molecule has 10 nitrogen and oxygen atoms in total. The summed E-state index contributed by atoms with van der Waals surface area (Å²) in [6.07, 6.45) is 0.778. The van der Waals surface area contributed by atoms with Gasteiger partial charge >= 0.3 is 12.1 Å². The number of rotatable bonds is 9. The van der Waals surface area contributed by atoms with Crippen molar-refractivity contribution < 1.29 is 32.5 Å². The number of aromatic nitrogens is 3. The molecule has 0 amide bonds. The number of anilines is 3. The van der Waals surface area contributed by atoms with Crippen molar-refractivity contribution in [3.05, 3.63) is 72.8 Å². The predicted octanol–water partition coefficient (Wildman–Crippen LogP) is 4.31. The summed E-state index contributed by atoms with van der Waals surface area (Å²) in [5, 5.41) is 13.1. The number of alkyl halides is 3. The molecule has 188 valence electrons. The van der Waals surface area contributed by atoms with Gasteiger partial charge in [0.15, 0.2) is 5.82 Å². The van der Waals surface area contributed by atoms with Crippen molar-refractivity contribution in [2.75, 3.05) is 24.5 Å². The molecule has 0 fully saturated rings. The van der Waals surface area contributed by atoms with Crippen LogP contribution in [0.15, 0.2) is 67.3 Å². The highest BCUT2D eigenvalue weighted by molar-refractivity contribution is 5.89. The maximum Gasteiger partial charge on any atom is 0.415 e. The maximum atomic E-state index is 12.9. The summed E-state index contributed by atoms with van der Waals surface area (Å²) in [5.74, 6) is 5.76. The van der Waals surface area contributed by atoms with Gasteiger partial charge in [-0.05, 0) is 12.1 Å². The molecule has 3 rings (SSSR count). The van der Waals surface area contributed by atoms with Gasteiger partial charge in [-0.1, -0.05) is 6.58 Å². The van der Waals surface area contributed by atoms with Crippen molar-refractivity contribution in [1.82, 2.24) is 15.0 Å². The van der Waals surface area contributed by atoms with E-state index in [-0.39, 0.29) is 28.5 Å². The van der Waals surface area contributed by atoms with E-state index in [1.165, 1.54) is 32.7 Å². The van der Waals surface area contributed by atoms with Crippen LogP contribution in [0.2, 0.25) is 0 Å². The number of hydrogen-bond donors (Lipinski definition) is 3. The Morgan fingerprint density at radius 2 is 1.81 bits per heavy atom. The molecule has 0 radical (unpaired) electrons. The number of nitrogens with two attached hydrogens (primary N) is 1. The van der Waals surface area contributed by atoms with Crippen molar-refractivity contribution in [2.45, 2.75) is 6.18 Å². The predicted molar refractivity (Wildman–Crippen MR) is 126 cm³/mol. The third kappa shape index (κ3) is 6.27. The van der Waals surface area contributed by atoms with Gasteiger partial charge in [0.2, 0.25) is 5.95 Å². The van der Waals surface area contributed by atoms with Crippen LogP contribution >= 0.6 is 0 Å². The second-order valence-corrected chi connectivity index (χ2v) is 7.17. The van der Waals surface area contributed by atoms with Crippen LogP contribution in [0.1, 0.15) is 10.4 Å². The lowest BCUT2D eigenvalue weighted by Crippen LogP contribution is -2.27. The fourth-order valence-corrected chi connectivity index (χ4v) is 2.88. The number of pyridine rings is 1. The summed E-state index contributed by atoms with van der Waals surface area (Å²) < 4.78 is 49.1. The number of hydrogen-bond acceptors (Lipinski definition) is 9. The van der Waals surface area contributed by atoms with Crippen LogP contribution in [0, 0.1) is 0 Å². The molecule has 2 aromatic heterocycles. The van der Waals surface area contributed by atoms with Crippen molar-refractivity contribution in [2.24, 2.45) is 5.84 Å². The number of carboxylic acids is 1. The topological polar surface area (TPSA) is 136 Å². The first-order valence-electron chi connectivity index (χ1n) is 10.1. The molecule has 0 bridgehead atoms. The Bertz CT molecular complexity index is 1290. The number of benzene rings is 1. The van der Waals surface area contributed by atoms with Gasteiger partial charge in [0, 0.05) is 65.4 Å². The first-order chi connectivity index (χ1) is 17.0. The normalized spacial score (nSPS) is 11.3. The lowest BCUT2D eigenvalue weighted by molar-refractivity contribution is -0.0878. The van der Waals surface area contributed by atoms with Gasteiger partial charge in [0.05, 0.1) is 19.8 Å². The third-order valence-corrected chi connectivity index (χ3v) is 4.72. The van der Waals surface area contributed by atoms with Gasteiger partial charge in [-0.25, -0.2) is 15.6 Å². The van der Waals surface area contributed by atoms with Crippen molar-refractivity contribution in [1.29, 1.82) is 0 Å². The number of nitrogens with zero attached hydrogens (tertiary/aromatic N) is 4. The van der Waals surface area contributed by atoms with E-state index in [0.29, 0.717) is 23.3 Å². The molecule has 0 atom stereocenters. The number of aromatic carboxylic acids is 1. The molecule has 0 aliphatic rings. The quantitative estimate of drug-likeness (QED) is 0.221. The summed E-state index contributed by atoms with van der Waals surface area (Å²) in [7, 11) is 2.96. The molecule has 1 aromatic carbocycles. The number of methoxy groups -OCH3 is 2. The minimum atomic E-state index is -4.65. The zero-order valence-electron chi connectivity index (χ0n) is 19.1. The maximum absolute atomic E-state index is 12.9. The van der Waals surface area contributed by atoms with E-state index in [4.69, 9.17) is 15.3 Å². The highest BCUT2D eigenvalue weighted by atomic mass is 19.4. The summed E-state index contributed by atoms with van der Waals surface area (Å²) in [4.78, 5) is 23.8. The highest BCUT2D eigenvalue weighted by Gasteiger charge is 2.30. The van der Waals surface area contributed by atoms with Crippen molar-refractivity contribution in [3.63, 3.8) is 0 Å². The van der Waals surface area contributed by atoms with E-state index in [1.54, 1.807) is 18.2 Å². The Morgan fingerprint density at radius 3 is 2.39 bits per heavy atom. The summed E-state index contributed by atoms with van der Waals surface area (Å²) in [6.45, 7) is 2.97. The van der Waals surface area contributed by atoms with E-state index in [0.717, 1.165) is 17.4 Å². The zero-order valence-corrected chi connectivity index (χ0v) is 19.1. The number of halogens is 3. The van der Waals surface area contributed by atoms with E-state index in [9.17, 15) is 23.1 Å². The Balaban J connectivity index is 2.06. The largest absolute Gasteiger partial charge is 0.497 e. The molecule has 36 heavy (non-hydrogen) atoms. The van der Waals surface area contributed by atoms with Crippen LogP contribution < -0.4 is 25.6 Å². The van der Waals surface area contributed by atoms with Gasteiger partial charge in [-0.2, -0.15) is 18.2 Å². The lowest BCUT2D eigenvalue weighted by atomic mass is 10.1. The molecule has 2 heterocycles. The van der Waals surface area contributed by atoms with Gasteiger partial charge in [-0.3, -0.25) is 9.99 Å².